The molecule has 0 aliphatic heterocycles. The van der Waals surface area contributed by atoms with Gasteiger partial charge in [0.25, 0.3) is 0 Å². The molecular weight excluding hydrogens is 248 g/mol. The molecular formula is C17H18N2O. The van der Waals surface area contributed by atoms with E-state index < -0.39 is 0 Å². The Morgan fingerprint density at radius 3 is 3.00 bits per heavy atom. The maximum atomic E-state index is 5.41. The summed E-state index contributed by atoms with van der Waals surface area (Å²) in [5.41, 5.74) is 4.95. The summed E-state index contributed by atoms with van der Waals surface area (Å²) in [6.45, 7) is 0.716. The molecule has 2 heterocycles. The number of benzene rings is 1. The minimum atomic E-state index is 0. The van der Waals surface area contributed by atoms with Crippen molar-refractivity contribution in [1.29, 1.82) is 0 Å². The Morgan fingerprint density at radius 2 is 2.10 bits per heavy atom. The van der Waals surface area contributed by atoms with Gasteiger partial charge >= 0.3 is 0 Å². The normalized spacial score (nSPS) is 13.6. The fraction of sp³-hybridized carbons (Fsp3) is 0.235. The number of nitrogens with zero attached hydrogens (tertiary/aromatic N) is 1. The first-order valence-corrected chi connectivity index (χ1v) is 7.08. The summed E-state index contributed by atoms with van der Waals surface area (Å²) in [7, 11) is 0. The summed E-state index contributed by atoms with van der Waals surface area (Å²) in [5.74, 6) is 0.956. The predicted octanol–water partition coefficient (Wildman–Crippen LogP) is 4.17. The largest absolute Gasteiger partial charge is 0.467 e. The number of pyridine rings is 1. The van der Waals surface area contributed by atoms with Gasteiger partial charge in [-0.3, -0.25) is 4.98 Å². The topological polar surface area (TPSA) is 38.1 Å². The van der Waals surface area contributed by atoms with Gasteiger partial charge in [0.2, 0.25) is 0 Å². The SMILES string of the molecule is [HH].c1coc(CNc2c3c(nc4ccccc24)CCC3)c1. The highest BCUT2D eigenvalue weighted by molar-refractivity contribution is 5.93. The quantitative estimate of drug-likeness (QED) is 0.773. The first-order valence-electron chi connectivity index (χ1n) is 7.08. The Labute approximate surface area is 119 Å². The minimum absolute atomic E-state index is 0. The number of fused-ring (bicyclic) bond motifs is 2. The number of aryl methyl sites for hydroxylation is 1. The van der Waals surface area contributed by atoms with E-state index in [1.54, 1.807) is 6.26 Å². The van der Waals surface area contributed by atoms with E-state index in [1.165, 1.54) is 28.8 Å². The Bertz CT molecular complexity index is 753. The molecule has 1 aromatic carbocycles. The third-order valence-electron chi connectivity index (χ3n) is 3.94. The standard InChI is InChI=1S/C17H16N2O.H2/c1-2-8-15-13(6-1)17(14-7-3-9-16(14)19-15)18-11-12-5-4-10-20-12;/h1-2,4-6,8,10H,3,7,9,11H2,(H,18,19);1H. The Morgan fingerprint density at radius 1 is 1.15 bits per heavy atom. The molecule has 0 bridgehead atoms. The van der Waals surface area contributed by atoms with Crippen LogP contribution in [0.1, 0.15) is 24.9 Å². The van der Waals surface area contributed by atoms with Crippen molar-refractivity contribution in [3.63, 3.8) is 0 Å². The summed E-state index contributed by atoms with van der Waals surface area (Å²) < 4.78 is 5.41. The molecule has 0 atom stereocenters. The number of nitrogens with one attached hydrogen (secondary N) is 1. The molecule has 0 radical (unpaired) electrons. The van der Waals surface area contributed by atoms with Crippen LogP contribution in [0, 0.1) is 0 Å². The lowest BCUT2D eigenvalue weighted by Gasteiger charge is -2.13. The molecule has 3 heteroatoms. The van der Waals surface area contributed by atoms with Gasteiger partial charge in [-0.1, -0.05) is 18.2 Å². The number of hydrogen-bond acceptors (Lipinski definition) is 3. The van der Waals surface area contributed by atoms with Gasteiger partial charge in [0.15, 0.2) is 0 Å². The maximum Gasteiger partial charge on any atom is 0.122 e. The second kappa shape index (κ2) is 4.67. The highest BCUT2D eigenvalue weighted by Crippen LogP contribution is 2.34. The van der Waals surface area contributed by atoms with Gasteiger partial charge in [-0.15, -0.1) is 0 Å². The van der Waals surface area contributed by atoms with Crippen LogP contribution in [0.2, 0.25) is 0 Å². The van der Waals surface area contributed by atoms with E-state index in [1.807, 2.05) is 18.2 Å². The van der Waals surface area contributed by atoms with Crippen molar-refractivity contribution in [3.05, 3.63) is 59.7 Å². The molecule has 2 aromatic heterocycles. The molecule has 3 aromatic rings. The third-order valence-corrected chi connectivity index (χ3v) is 3.94. The summed E-state index contributed by atoms with van der Waals surface area (Å²) >= 11 is 0. The van der Waals surface area contributed by atoms with E-state index in [0.717, 1.165) is 24.1 Å². The molecule has 1 aliphatic carbocycles. The van der Waals surface area contributed by atoms with Crippen molar-refractivity contribution in [2.45, 2.75) is 25.8 Å². The van der Waals surface area contributed by atoms with Gasteiger partial charge in [-0.05, 0) is 43.0 Å². The molecule has 3 nitrogen and oxygen atoms in total. The van der Waals surface area contributed by atoms with E-state index in [0.29, 0.717) is 6.54 Å². The first-order chi connectivity index (χ1) is 9.92. The molecule has 102 valence electrons. The number of rotatable bonds is 3. The van der Waals surface area contributed by atoms with Crippen LogP contribution in [0.25, 0.3) is 10.9 Å². The van der Waals surface area contributed by atoms with Crippen LogP contribution in [-0.2, 0) is 19.4 Å². The number of aromatic nitrogens is 1. The van der Waals surface area contributed by atoms with E-state index >= 15 is 0 Å². The highest BCUT2D eigenvalue weighted by Gasteiger charge is 2.19. The van der Waals surface area contributed by atoms with Crippen LogP contribution >= 0.6 is 0 Å². The first kappa shape index (κ1) is 11.5. The Balaban J connectivity index is 0.00000132. The van der Waals surface area contributed by atoms with Crippen molar-refractivity contribution < 1.29 is 5.84 Å². The van der Waals surface area contributed by atoms with Crippen molar-refractivity contribution >= 4 is 16.6 Å². The molecule has 0 amide bonds. The third kappa shape index (κ3) is 1.86. The second-order valence-corrected chi connectivity index (χ2v) is 5.22. The highest BCUT2D eigenvalue weighted by atomic mass is 16.3. The van der Waals surface area contributed by atoms with Crippen LogP contribution in [0.5, 0.6) is 0 Å². The lowest BCUT2D eigenvalue weighted by Crippen LogP contribution is -2.04. The molecule has 0 spiro atoms. The van der Waals surface area contributed by atoms with Gasteiger partial charge < -0.3 is 9.73 Å². The lowest BCUT2D eigenvalue weighted by atomic mass is 10.1. The Hall–Kier alpha value is -2.29. The van der Waals surface area contributed by atoms with Crippen LogP contribution < -0.4 is 5.32 Å². The average Bonchev–Trinajstić information content (AvgIpc) is 3.14. The van der Waals surface area contributed by atoms with E-state index in [-0.39, 0.29) is 1.43 Å². The molecule has 4 rings (SSSR count). The molecule has 1 N–H and O–H groups in total. The average molecular weight is 266 g/mol. The summed E-state index contributed by atoms with van der Waals surface area (Å²) in [4.78, 5) is 4.80. The van der Waals surface area contributed by atoms with Crippen LogP contribution in [0.3, 0.4) is 0 Å². The van der Waals surface area contributed by atoms with Crippen LogP contribution in [-0.4, -0.2) is 4.98 Å². The number of para-hydroxylation sites is 1. The fourth-order valence-corrected chi connectivity index (χ4v) is 3.00. The van der Waals surface area contributed by atoms with Crippen LogP contribution in [0.4, 0.5) is 5.69 Å². The van der Waals surface area contributed by atoms with Crippen molar-refractivity contribution in [1.82, 2.24) is 4.98 Å². The molecule has 0 unspecified atom stereocenters. The van der Waals surface area contributed by atoms with Crippen molar-refractivity contribution in [2.75, 3.05) is 5.32 Å². The molecule has 0 saturated heterocycles. The number of hydrogen-bond donors (Lipinski definition) is 1. The van der Waals surface area contributed by atoms with Crippen molar-refractivity contribution in [2.24, 2.45) is 0 Å². The fourth-order valence-electron chi connectivity index (χ4n) is 3.00. The molecule has 20 heavy (non-hydrogen) atoms. The predicted molar refractivity (Wildman–Crippen MR) is 81.9 cm³/mol. The van der Waals surface area contributed by atoms with Gasteiger partial charge in [0.1, 0.15) is 5.76 Å². The second-order valence-electron chi connectivity index (χ2n) is 5.22. The van der Waals surface area contributed by atoms with E-state index in [2.05, 4.69) is 23.5 Å². The number of furan rings is 1. The summed E-state index contributed by atoms with van der Waals surface area (Å²) in [6.07, 6.45) is 5.13. The zero-order chi connectivity index (χ0) is 13.4. The zero-order valence-electron chi connectivity index (χ0n) is 11.2. The molecule has 0 saturated carbocycles. The van der Waals surface area contributed by atoms with Crippen LogP contribution in [0.15, 0.2) is 47.1 Å². The zero-order valence-corrected chi connectivity index (χ0v) is 11.2. The number of anilines is 1. The summed E-state index contributed by atoms with van der Waals surface area (Å²) in [5, 5.41) is 4.76. The van der Waals surface area contributed by atoms with Gasteiger partial charge in [0.05, 0.1) is 18.3 Å². The van der Waals surface area contributed by atoms with Gasteiger partial charge in [-0.25, -0.2) is 0 Å². The Kier molecular flexibility index (Phi) is 2.69. The van der Waals surface area contributed by atoms with Gasteiger partial charge in [-0.2, -0.15) is 0 Å². The maximum absolute atomic E-state index is 5.41. The minimum Gasteiger partial charge on any atom is -0.467 e. The monoisotopic (exact) mass is 266 g/mol. The lowest BCUT2D eigenvalue weighted by molar-refractivity contribution is 0.518. The molecule has 0 fully saturated rings. The smallest absolute Gasteiger partial charge is 0.122 e. The van der Waals surface area contributed by atoms with E-state index in [9.17, 15) is 0 Å². The van der Waals surface area contributed by atoms with Crippen molar-refractivity contribution in [3.8, 4) is 0 Å². The summed E-state index contributed by atoms with van der Waals surface area (Å²) in [6, 6.07) is 12.3. The van der Waals surface area contributed by atoms with E-state index in [4.69, 9.17) is 9.40 Å². The molecule has 1 aliphatic rings. The van der Waals surface area contributed by atoms with Gasteiger partial charge in [0, 0.05) is 18.2 Å².